The minimum Gasteiger partial charge on any atom is -0.339 e. The monoisotopic (exact) mass is 336 g/mol. The van der Waals surface area contributed by atoms with Gasteiger partial charge >= 0.3 is 0 Å². The van der Waals surface area contributed by atoms with Gasteiger partial charge in [0.15, 0.2) is 0 Å². The highest BCUT2D eigenvalue weighted by molar-refractivity contribution is 14.1. The van der Waals surface area contributed by atoms with Crippen LogP contribution in [0.25, 0.3) is 0 Å². The van der Waals surface area contributed by atoms with Crippen LogP contribution in [-0.2, 0) is 4.79 Å². The lowest BCUT2D eigenvalue weighted by atomic mass is 10.1. The number of nitrogens with zero attached hydrogens (tertiary/aromatic N) is 1. The summed E-state index contributed by atoms with van der Waals surface area (Å²) < 4.78 is -0.176. The first kappa shape index (κ1) is 14.0. The number of halogens is 1. The van der Waals surface area contributed by atoms with Gasteiger partial charge in [-0.2, -0.15) is 0 Å². The first-order valence-corrected chi connectivity index (χ1v) is 6.95. The normalized spacial score (nSPS) is 18.9. The summed E-state index contributed by atoms with van der Waals surface area (Å²) >= 11 is 2.21. The van der Waals surface area contributed by atoms with Gasteiger partial charge in [0.2, 0.25) is 5.91 Å². The molecule has 0 spiro atoms. The third kappa shape index (κ3) is 6.48. The van der Waals surface area contributed by atoms with Crippen molar-refractivity contribution in [3.8, 4) is 0 Å². The molecule has 3 nitrogen and oxygen atoms in total. The molecule has 0 aromatic rings. The van der Waals surface area contributed by atoms with Crippen molar-refractivity contribution in [1.82, 2.24) is 10.2 Å². The number of carbonyl (C=O) groups is 1. The van der Waals surface area contributed by atoms with E-state index < -0.39 is 0 Å². The molecule has 1 saturated heterocycles. The first-order chi connectivity index (χ1) is 7.47. The summed E-state index contributed by atoms with van der Waals surface area (Å²) in [6.45, 7) is 7.19. The van der Waals surface area contributed by atoms with Crippen LogP contribution >= 0.6 is 22.6 Å². The van der Waals surface area contributed by atoms with Gasteiger partial charge in [0.1, 0.15) is 0 Å². The standard InChI is InChI=1S/C12H21IN2O/c1-12(2,13)14-11(16)7-6-10-15-8-4-3-5-9-15/h6-7H,3-5,8-10H2,1-2H3,(H,14,16)/b7-6+. The molecule has 1 heterocycles. The Hall–Kier alpha value is -0.100. The molecule has 0 unspecified atom stereocenters. The van der Waals surface area contributed by atoms with Crippen molar-refractivity contribution in [3.63, 3.8) is 0 Å². The zero-order chi connectivity index (χ0) is 12.0. The summed E-state index contributed by atoms with van der Waals surface area (Å²) in [6, 6.07) is 0. The zero-order valence-electron chi connectivity index (χ0n) is 10.1. The highest BCUT2D eigenvalue weighted by Gasteiger charge is 2.13. The molecule has 0 saturated carbocycles. The molecule has 0 aromatic heterocycles. The Kier molecular flexibility index (Phi) is 5.75. The van der Waals surface area contributed by atoms with E-state index in [1.807, 2.05) is 19.9 Å². The van der Waals surface area contributed by atoms with Crippen molar-refractivity contribution in [3.05, 3.63) is 12.2 Å². The lowest BCUT2D eigenvalue weighted by Gasteiger charge is -2.24. The van der Waals surface area contributed by atoms with Crippen LogP contribution in [0.3, 0.4) is 0 Å². The van der Waals surface area contributed by atoms with Crippen LogP contribution in [0.5, 0.6) is 0 Å². The lowest BCUT2D eigenvalue weighted by molar-refractivity contribution is -0.117. The van der Waals surface area contributed by atoms with E-state index in [0.29, 0.717) is 0 Å². The maximum Gasteiger partial charge on any atom is 0.244 e. The molecular formula is C12H21IN2O. The molecule has 0 radical (unpaired) electrons. The van der Waals surface area contributed by atoms with Crippen LogP contribution < -0.4 is 5.32 Å². The van der Waals surface area contributed by atoms with E-state index in [1.54, 1.807) is 6.08 Å². The molecule has 1 rings (SSSR count). The molecule has 92 valence electrons. The lowest BCUT2D eigenvalue weighted by Crippen LogP contribution is -2.37. The molecule has 1 aliphatic heterocycles. The van der Waals surface area contributed by atoms with Crippen LogP contribution in [0.4, 0.5) is 0 Å². The van der Waals surface area contributed by atoms with E-state index in [-0.39, 0.29) is 9.45 Å². The minimum atomic E-state index is -0.176. The van der Waals surface area contributed by atoms with Gasteiger partial charge in [0.25, 0.3) is 0 Å². The molecule has 0 atom stereocenters. The van der Waals surface area contributed by atoms with E-state index >= 15 is 0 Å². The average Bonchev–Trinajstić information content (AvgIpc) is 2.16. The van der Waals surface area contributed by atoms with Gasteiger partial charge in [-0.15, -0.1) is 0 Å². The topological polar surface area (TPSA) is 32.3 Å². The van der Waals surface area contributed by atoms with Gasteiger partial charge in [-0.05, 0) is 39.8 Å². The average molecular weight is 336 g/mol. The number of rotatable bonds is 4. The van der Waals surface area contributed by atoms with Gasteiger partial charge < -0.3 is 5.32 Å². The van der Waals surface area contributed by atoms with Crippen LogP contribution in [0.1, 0.15) is 33.1 Å². The molecular weight excluding hydrogens is 315 g/mol. The minimum absolute atomic E-state index is 0.00332. The van der Waals surface area contributed by atoms with Crippen molar-refractivity contribution >= 4 is 28.5 Å². The van der Waals surface area contributed by atoms with Crippen molar-refractivity contribution in [2.24, 2.45) is 0 Å². The number of amides is 1. The Bertz CT molecular complexity index is 252. The summed E-state index contributed by atoms with van der Waals surface area (Å²) in [4.78, 5) is 13.9. The van der Waals surface area contributed by atoms with Gasteiger partial charge in [-0.1, -0.05) is 35.1 Å². The van der Waals surface area contributed by atoms with Crippen molar-refractivity contribution < 1.29 is 4.79 Å². The summed E-state index contributed by atoms with van der Waals surface area (Å²) in [7, 11) is 0. The van der Waals surface area contributed by atoms with Crippen LogP contribution in [-0.4, -0.2) is 34.0 Å². The van der Waals surface area contributed by atoms with Crippen molar-refractivity contribution in [1.29, 1.82) is 0 Å². The van der Waals surface area contributed by atoms with Crippen LogP contribution in [0.2, 0.25) is 0 Å². The molecule has 1 N–H and O–H groups in total. The Morgan fingerprint density at radius 1 is 1.38 bits per heavy atom. The second kappa shape index (κ2) is 6.59. The Morgan fingerprint density at radius 2 is 2.00 bits per heavy atom. The maximum absolute atomic E-state index is 11.5. The third-order valence-corrected chi connectivity index (χ3v) is 2.77. The van der Waals surface area contributed by atoms with Gasteiger partial charge in [0, 0.05) is 12.6 Å². The fourth-order valence-electron chi connectivity index (χ4n) is 1.79. The predicted octanol–water partition coefficient (Wildman–Crippen LogP) is 2.32. The smallest absolute Gasteiger partial charge is 0.244 e. The van der Waals surface area contributed by atoms with Crippen molar-refractivity contribution in [2.75, 3.05) is 19.6 Å². The molecule has 0 aromatic carbocycles. The van der Waals surface area contributed by atoms with Crippen LogP contribution in [0, 0.1) is 0 Å². The molecule has 1 amide bonds. The second-order valence-corrected chi connectivity index (χ2v) is 7.42. The van der Waals surface area contributed by atoms with Gasteiger partial charge in [-0.3, -0.25) is 9.69 Å². The second-order valence-electron chi connectivity index (χ2n) is 4.73. The van der Waals surface area contributed by atoms with Gasteiger partial charge in [0.05, 0.1) is 3.55 Å². The Morgan fingerprint density at radius 3 is 2.56 bits per heavy atom. The Labute approximate surface area is 112 Å². The van der Waals surface area contributed by atoms with E-state index in [9.17, 15) is 4.79 Å². The molecule has 0 aliphatic carbocycles. The highest BCUT2D eigenvalue weighted by Crippen LogP contribution is 2.11. The molecule has 1 aliphatic rings. The third-order valence-electron chi connectivity index (χ3n) is 2.50. The predicted molar refractivity (Wildman–Crippen MR) is 75.7 cm³/mol. The van der Waals surface area contributed by atoms with E-state index in [1.165, 1.54) is 32.4 Å². The first-order valence-electron chi connectivity index (χ1n) is 5.87. The summed E-state index contributed by atoms with van der Waals surface area (Å²) in [5, 5.41) is 2.90. The summed E-state index contributed by atoms with van der Waals surface area (Å²) in [6.07, 6.45) is 7.55. The molecule has 4 heteroatoms. The molecule has 16 heavy (non-hydrogen) atoms. The molecule has 0 bridgehead atoms. The number of hydrogen-bond donors (Lipinski definition) is 1. The SMILES string of the molecule is CC(C)(I)NC(=O)/C=C/CN1CCCCC1. The zero-order valence-corrected chi connectivity index (χ0v) is 12.3. The quantitative estimate of drug-likeness (QED) is 0.370. The van der Waals surface area contributed by atoms with Crippen molar-refractivity contribution in [2.45, 2.75) is 36.7 Å². The maximum atomic E-state index is 11.5. The number of piperidine rings is 1. The highest BCUT2D eigenvalue weighted by atomic mass is 127. The number of hydrogen-bond acceptors (Lipinski definition) is 2. The number of carbonyl (C=O) groups excluding carboxylic acids is 1. The van der Waals surface area contributed by atoms with E-state index in [4.69, 9.17) is 0 Å². The number of likely N-dealkylation sites (tertiary alicyclic amines) is 1. The number of alkyl halides is 1. The summed E-state index contributed by atoms with van der Waals surface area (Å²) in [5.41, 5.74) is 0. The Balaban J connectivity index is 2.22. The fraction of sp³-hybridized carbons (Fsp3) is 0.750. The molecule has 1 fully saturated rings. The largest absolute Gasteiger partial charge is 0.339 e. The summed E-state index contributed by atoms with van der Waals surface area (Å²) in [5.74, 6) is -0.00332. The van der Waals surface area contributed by atoms with E-state index in [0.717, 1.165) is 6.54 Å². The fourth-order valence-corrected chi connectivity index (χ4v) is 2.05. The van der Waals surface area contributed by atoms with Crippen LogP contribution in [0.15, 0.2) is 12.2 Å². The van der Waals surface area contributed by atoms with E-state index in [2.05, 4.69) is 32.8 Å². The van der Waals surface area contributed by atoms with Gasteiger partial charge in [-0.25, -0.2) is 0 Å². The number of nitrogens with one attached hydrogen (secondary N) is 1.